The van der Waals surface area contributed by atoms with E-state index in [-0.39, 0.29) is 22.8 Å². The van der Waals surface area contributed by atoms with Gasteiger partial charge in [0.15, 0.2) is 5.82 Å². The van der Waals surface area contributed by atoms with Crippen molar-refractivity contribution in [1.82, 2.24) is 19.7 Å². The van der Waals surface area contributed by atoms with E-state index in [1.54, 1.807) is 0 Å². The number of nitrogens with two attached hydrogens (primary N) is 1. The summed E-state index contributed by atoms with van der Waals surface area (Å²) in [6.45, 7) is 2.28. The van der Waals surface area contributed by atoms with Gasteiger partial charge in [-0.25, -0.2) is 17.5 Å². The molecule has 1 unspecified atom stereocenters. The van der Waals surface area contributed by atoms with E-state index in [1.165, 1.54) is 12.1 Å². The molecule has 2 aromatic rings. The highest BCUT2D eigenvalue weighted by Gasteiger charge is 2.31. The maximum absolute atomic E-state index is 13.1. The first-order chi connectivity index (χ1) is 16.9. The molecule has 35 heavy (non-hydrogen) atoms. The van der Waals surface area contributed by atoms with Gasteiger partial charge in [0.1, 0.15) is 5.82 Å². The van der Waals surface area contributed by atoms with Crippen LogP contribution < -0.4 is 20.7 Å². The number of hydrogen-bond donors (Lipinski definition) is 3. The molecule has 1 aromatic carbocycles. The van der Waals surface area contributed by atoms with Crippen molar-refractivity contribution in [3.8, 4) is 0 Å². The summed E-state index contributed by atoms with van der Waals surface area (Å²) in [6.07, 6.45) is 8.10. The fourth-order valence-electron chi connectivity index (χ4n) is 4.95. The largest absolute Gasteiger partial charge is 0.351 e. The third-order valence-corrected chi connectivity index (χ3v) is 8.76. The second kappa shape index (κ2) is 10.3. The molecule has 3 aliphatic rings. The third-order valence-electron chi connectivity index (χ3n) is 7.32. The maximum atomic E-state index is 13.1. The summed E-state index contributed by atoms with van der Waals surface area (Å²) in [4.78, 5) is 16.4. The lowest BCUT2D eigenvalue weighted by Crippen LogP contribution is -2.34. The first-order valence-electron chi connectivity index (χ1n) is 12.7. The standard InChI is InChI=1S/C24H34FN7O2S/c25-18-7-11-20(12-8-18)35(33,34)27-15-16-3-5-17(6-4-16)21(26)22-29-23(28-19-9-10-19)31-24(30-22)32-13-1-2-14-32/h7-8,11-12,16-17,19,21,27H,1-6,9-10,13-15,26H2,(H,28,29,30,31). The number of rotatable bonds is 9. The van der Waals surface area contributed by atoms with E-state index in [1.807, 2.05) is 0 Å². The van der Waals surface area contributed by atoms with Crippen LogP contribution in [0.2, 0.25) is 0 Å². The van der Waals surface area contributed by atoms with Crippen LogP contribution in [-0.2, 0) is 10.0 Å². The van der Waals surface area contributed by atoms with Crippen LogP contribution in [0.4, 0.5) is 16.3 Å². The fourth-order valence-corrected chi connectivity index (χ4v) is 6.07. The Bertz CT molecular complexity index is 1110. The highest BCUT2D eigenvalue weighted by Crippen LogP contribution is 2.35. The smallest absolute Gasteiger partial charge is 0.240 e. The molecule has 1 aromatic heterocycles. The van der Waals surface area contributed by atoms with Crippen LogP contribution >= 0.6 is 0 Å². The number of halogens is 1. The van der Waals surface area contributed by atoms with Crippen LogP contribution in [0.25, 0.3) is 0 Å². The Morgan fingerprint density at radius 2 is 1.69 bits per heavy atom. The summed E-state index contributed by atoms with van der Waals surface area (Å²) in [5.74, 6) is 2.00. The van der Waals surface area contributed by atoms with E-state index in [2.05, 4.69) is 24.9 Å². The lowest BCUT2D eigenvalue weighted by atomic mass is 9.78. The normalized spacial score (nSPS) is 23.9. The molecule has 0 bridgehead atoms. The van der Waals surface area contributed by atoms with E-state index in [4.69, 9.17) is 10.7 Å². The van der Waals surface area contributed by atoms with Gasteiger partial charge in [-0.2, -0.15) is 15.0 Å². The van der Waals surface area contributed by atoms with Gasteiger partial charge in [-0.15, -0.1) is 0 Å². The first-order valence-corrected chi connectivity index (χ1v) is 14.1. The van der Waals surface area contributed by atoms with Gasteiger partial charge >= 0.3 is 0 Å². The third kappa shape index (κ3) is 6.07. The summed E-state index contributed by atoms with van der Waals surface area (Å²) >= 11 is 0. The molecule has 2 heterocycles. The Morgan fingerprint density at radius 3 is 2.34 bits per heavy atom. The molecule has 3 fully saturated rings. The van der Waals surface area contributed by atoms with Gasteiger partial charge in [0.25, 0.3) is 0 Å². The molecule has 2 saturated carbocycles. The van der Waals surface area contributed by atoms with E-state index in [0.29, 0.717) is 24.4 Å². The van der Waals surface area contributed by atoms with Gasteiger partial charge in [-0.3, -0.25) is 0 Å². The molecule has 4 N–H and O–H groups in total. The monoisotopic (exact) mass is 503 g/mol. The number of nitrogens with zero attached hydrogens (tertiary/aromatic N) is 4. The zero-order valence-electron chi connectivity index (χ0n) is 19.9. The lowest BCUT2D eigenvalue weighted by Gasteiger charge is -2.32. The van der Waals surface area contributed by atoms with E-state index >= 15 is 0 Å². The predicted molar refractivity (Wildman–Crippen MR) is 132 cm³/mol. The highest BCUT2D eigenvalue weighted by molar-refractivity contribution is 7.89. The molecule has 5 rings (SSSR count). The quantitative estimate of drug-likeness (QED) is 0.477. The van der Waals surface area contributed by atoms with Gasteiger partial charge in [0.2, 0.25) is 21.9 Å². The Kier molecular flexibility index (Phi) is 7.17. The molecule has 11 heteroatoms. The molecule has 9 nitrogen and oxygen atoms in total. The second-order valence-electron chi connectivity index (χ2n) is 10.0. The summed E-state index contributed by atoms with van der Waals surface area (Å²) in [7, 11) is -3.65. The molecule has 1 atom stereocenters. The summed E-state index contributed by atoms with van der Waals surface area (Å²) in [5, 5.41) is 3.40. The Hall–Kier alpha value is -2.37. The summed E-state index contributed by atoms with van der Waals surface area (Å²) in [6, 6.07) is 5.04. The lowest BCUT2D eigenvalue weighted by molar-refractivity contribution is 0.240. The predicted octanol–water partition coefficient (Wildman–Crippen LogP) is 2.97. The van der Waals surface area contributed by atoms with Crippen molar-refractivity contribution in [3.05, 3.63) is 35.9 Å². The van der Waals surface area contributed by atoms with Crippen LogP contribution in [0.1, 0.15) is 63.2 Å². The maximum Gasteiger partial charge on any atom is 0.240 e. The van der Waals surface area contributed by atoms with Gasteiger partial charge in [-0.05, 0) is 87.5 Å². The van der Waals surface area contributed by atoms with Gasteiger partial charge in [-0.1, -0.05) is 0 Å². The minimum absolute atomic E-state index is 0.0776. The minimum Gasteiger partial charge on any atom is -0.351 e. The van der Waals surface area contributed by atoms with Crippen LogP contribution in [0.15, 0.2) is 29.2 Å². The van der Waals surface area contributed by atoms with Crippen molar-refractivity contribution in [2.24, 2.45) is 17.6 Å². The van der Waals surface area contributed by atoms with Gasteiger partial charge in [0, 0.05) is 25.7 Å². The first kappa shape index (κ1) is 24.3. The Labute approximate surface area is 206 Å². The van der Waals surface area contributed by atoms with Crippen molar-refractivity contribution >= 4 is 21.9 Å². The molecule has 0 amide bonds. The molecular formula is C24H34FN7O2S. The van der Waals surface area contributed by atoms with Crippen LogP contribution in [0.3, 0.4) is 0 Å². The highest BCUT2D eigenvalue weighted by atomic mass is 32.2. The van der Waals surface area contributed by atoms with Crippen molar-refractivity contribution in [3.63, 3.8) is 0 Å². The van der Waals surface area contributed by atoms with Crippen LogP contribution in [0.5, 0.6) is 0 Å². The number of anilines is 2. The van der Waals surface area contributed by atoms with Crippen LogP contribution in [0, 0.1) is 17.7 Å². The minimum atomic E-state index is -3.65. The van der Waals surface area contributed by atoms with Crippen molar-refractivity contribution in [2.45, 2.75) is 68.3 Å². The topological polar surface area (TPSA) is 126 Å². The number of nitrogens with one attached hydrogen (secondary N) is 2. The SMILES string of the molecule is NC(c1nc(NC2CC2)nc(N2CCCC2)n1)C1CCC(CNS(=O)(=O)c2ccc(F)cc2)CC1. The zero-order valence-corrected chi connectivity index (χ0v) is 20.7. The molecule has 190 valence electrons. The van der Waals surface area contributed by atoms with Gasteiger partial charge < -0.3 is 16.0 Å². The van der Waals surface area contributed by atoms with E-state index in [9.17, 15) is 12.8 Å². The molecule has 1 aliphatic heterocycles. The number of hydrogen-bond acceptors (Lipinski definition) is 8. The Morgan fingerprint density at radius 1 is 1.00 bits per heavy atom. The van der Waals surface area contributed by atoms with Crippen molar-refractivity contribution in [1.29, 1.82) is 0 Å². The zero-order chi connectivity index (χ0) is 24.4. The fraction of sp³-hybridized carbons (Fsp3) is 0.625. The van der Waals surface area contributed by atoms with E-state index < -0.39 is 15.8 Å². The summed E-state index contributed by atoms with van der Waals surface area (Å²) in [5.41, 5.74) is 6.69. The molecule has 2 aliphatic carbocycles. The van der Waals surface area contributed by atoms with Gasteiger partial charge in [0.05, 0.1) is 10.9 Å². The number of benzene rings is 1. The number of sulfonamides is 1. The van der Waals surface area contributed by atoms with Crippen molar-refractivity contribution < 1.29 is 12.8 Å². The number of aromatic nitrogens is 3. The van der Waals surface area contributed by atoms with Crippen molar-refractivity contribution in [2.75, 3.05) is 29.9 Å². The average molecular weight is 504 g/mol. The molecule has 0 spiro atoms. The Balaban J connectivity index is 1.19. The average Bonchev–Trinajstić information content (AvgIpc) is 3.50. The molecular weight excluding hydrogens is 469 g/mol. The van der Waals surface area contributed by atoms with Crippen LogP contribution in [-0.4, -0.2) is 49.0 Å². The van der Waals surface area contributed by atoms with E-state index in [0.717, 1.165) is 82.5 Å². The second-order valence-corrected chi connectivity index (χ2v) is 11.8. The summed E-state index contributed by atoms with van der Waals surface area (Å²) < 4.78 is 40.8. The molecule has 0 radical (unpaired) electrons. The molecule has 1 saturated heterocycles.